The molecule has 0 unspecified atom stereocenters. The van der Waals surface area contributed by atoms with Crippen LogP contribution in [0.25, 0.3) is 49.4 Å². The highest BCUT2D eigenvalue weighted by Crippen LogP contribution is 2.44. The molecule has 4 heteroatoms. The van der Waals surface area contributed by atoms with E-state index in [1.54, 1.807) is 0 Å². The largest absolute Gasteiger partial charge is 0.310 e. The van der Waals surface area contributed by atoms with Crippen LogP contribution in [0.4, 0.5) is 21.5 Å². The summed E-state index contributed by atoms with van der Waals surface area (Å²) in [6.45, 7) is 0. The van der Waals surface area contributed by atoms with Gasteiger partial charge < -0.3 is 9.47 Å². The maximum atomic E-state index is 14.5. The molecule has 0 saturated carbocycles. The zero-order valence-electron chi connectivity index (χ0n) is 32.8. The first kappa shape index (κ1) is 35.6. The molecule has 0 fully saturated rings. The molecule has 2 nitrogen and oxygen atoms in total. The van der Waals surface area contributed by atoms with Crippen molar-refractivity contribution in [2.24, 2.45) is 0 Å². The normalized spacial score (nSPS) is 11.8. The molecule has 11 aromatic rings. The van der Waals surface area contributed by atoms with Crippen LogP contribution in [0.15, 0.2) is 237 Å². The van der Waals surface area contributed by atoms with Gasteiger partial charge in [-0.3, -0.25) is 0 Å². The average Bonchev–Trinajstić information content (AvgIpc) is 3.66. The van der Waals surface area contributed by atoms with Crippen LogP contribution in [-0.4, -0.2) is 12.6 Å². The molecule has 11 rings (SSSR count). The van der Waals surface area contributed by atoms with Crippen LogP contribution in [0, 0.1) is 5.82 Å². The zero-order valence-corrected chi connectivity index (χ0v) is 33.8. The lowest BCUT2D eigenvalue weighted by Gasteiger charge is -2.34. The predicted molar refractivity (Wildman–Crippen MR) is 253 cm³/mol. The molecule has 10 aromatic carbocycles. The summed E-state index contributed by atoms with van der Waals surface area (Å²) < 4.78 is 16.8. The highest BCUT2D eigenvalue weighted by atomic mass is 28.3. The Labute approximate surface area is 350 Å². The summed E-state index contributed by atoms with van der Waals surface area (Å²) in [7, 11) is -2.63. The van der Waals surface area contributed by atoms with Gasteiger partial charge in [-0.25, -0.2) is 4.39 Å². The zero-order chi connectivity index (χ0) is 40.0. The van der Waals surface area contributed by atoms with Gasteiger partial charge in [0.2, 0.25) is 0 Å². The second-order valence-corrected chi connectivity index (χ2v) is 19.3. The van der Waals surface area contributed by atoms with E-state index in [1.165, 1.54) is 54.6 Å². The van der Waals surface area contributed by atoms with Crippen LogP contribution in [0.3, 0.4) is 0 Å². The Hall–Kier alpha value is -7.53. The first-order chi connectivity index (χ1) is 29.7. The first-order valence-electron chi connectivity index (χ1n) is 20.4. The molecule has 0 atom stereocenters. The van der Waals surface area contributed by atoms with Crippen molar-refractivity contribution in [1.29, 1.82) is 0 Å². The lowest BCUT2D eigenvalue weighted by molar-refractivity contribution is 0.628. The maximum Gasteiger partial charge on any atom is 0.179 e. The summed E-state index contributed by atoms with van der Waals surface area (Å²) in [5.74, 6) is -0.262. The minimum absolute atomic E-state index is 0.262. The standard InChI is InChI=1S/C56H39FN2Si/c57-44-30-34-47(35-31-44)58(48-38-43-25-24-42-14-13-23-53-55(42)56(43)54(39-48)59(53)45-15-5-1-6-16-45)46-32-26-40(27-33-46)41-28-36-52(37-29-41)60(49-17-7-2-8-18-49,50-19-9-3-10-20-50)51-21-11-4-12-22-51/h1-39H. The van der Waals surface area contributed by atoms with Crippen LogP contribution in [0.1, 0.15) is 0 Å². The summed E-state index contributed by atoms with van der Waals surface area (Å²) >= 11 is 0. The Bertz CT molecular complexity index is 3120. The van der Waals surface area contributed by atoms with E-state index in [4.69, 9.17) is 0 Å². The van der Waals surface area contributed by atoms with Gasteiger partial charge in [0.05, 0.1) is 11.0 Å². The van der Waals surface area contributed by atoms with Crippen LogP contribution in [0.5, 0.6) is 0 Å². The minimum Gasteiger partial charge on any atom is -0.310 e. The van der Waals surface area contributed by atoms with E-state index < -0.39 is 8.07 Å². The van der Waals surface area contributed by atoms with E-state index in [0.29, 0.717) is 0 Å². The van der Waals surface area contributed by atoms with Gasteiger partial charge in [0, 0.05) is 33.5 Å². The minimum atomic E-state index is -2.63. The fourth-order valence-electron chi connectivity index (χ4n) is 9.48. The van der Waals surface area contributed by atoms with Gasteiger partial charge in [-0.2, -0.15) is 0 Å². The molecule has 0 spiro atoms. The van der Waals surface area contributed by atoms with Crippen molar-refractivity contribution in [3.63, 3.8) is 0 Å². The van der Waals surface area contributed by atoms with E-state index >= 15 is 0 Å². The number of benzene rings is 10. The molecule has 0 amide bonds. The molecule has 0 radical (unpaired) electrons. The highest BCUT2D eigenvalue weighted by Gasteiger charge is 2.41. The second-order valence-electron chi connectivity index (χ2n) is 15.5. The Morgan fingerprint density at radius 1 is 0.350 bits per heavy atom. The van der Waals surface area contributed by atoms with Crippen molar-refractivity contribution in [1.82, 2.24) is 4.57 Å². The molecule has 0 bridgehead atoms. The van der Waals surface area contributed by atoms with Gasteiger partial charge in [0.1, 0.15) is 5.82 Å². The Morgan fingerprint density at radius 3 is 1.38 bits per heavy atom. The molecule has 0 aliphatic heterocycles. The number of hydrogen-bond acceptors (Lipinski definition) is 1. The third-order valence-corrected chi connectivity index (χ3v) is 16.9. The Kier molecular flexibility index (Phi) is 8.72. The van der Waals surface area contributed by atoms with Crippen LogP contribution in [-0.2, 0) is 0 Å². The molecule has 1 heterocycles. The molecular weight excluding hydrogens is 748 g/mol. The number of rotatable bonds is 9. The Balaban J connectivity index is 1.03. The van der Waals surface area contributed by atoms with Gasteiger partial charge >= 0.3 is 0 Å². The summed E-state index contributed by atoms with van der Waals surface area (Å²) in [6, 6.07) is 84.0. The SMILES string of the molecule is Fc1ccc(N(c2ccc(-c3ccc([Si](c4ccccc4)(c4ccccc4)c4ccccc4)cc3)cc2)c2cc3ccc4cccc5c4c3c(c2)n5-c2ccccc2)cc1. The predicted octanol–water partition coefficient (Wildman–Crippen LogP) is 12.0. The molecule has 284 valence electrons. The van der Waals surface area contributed by atoms with Gasteiger partial charge in [0.15, 0.2) is 8.07 Å². The molecule has 0 saturated heterocycles. The van der Waals surface area contributed by atoms with Crippen molar-refractivity contribution >= 4 is 78.5 Å². The van der Waals surface area contributed by atoms with Crippen molar-refractivity contribution in [2.75, 3.05) is 4.90 Å². The van der Waals surface area contributed by atoms with Gasteiger partial charge in [-0.05, 0) is 109 Å². The lowest BCUT2D eigenvalue weighted by Crippen LogP contribution is -2.74. The molecule has 0 aliphatic rings. The van der Waals surface area contributed by atoms with Crippen LogP contribution in [0.2, 0.25) is 0 Å². The van der Waals surface area contributed by atoms with E-state index in [2.05, 4.69) is 222 Å². The molecule has 0 aliphatic carbocycles. The maximum absolute atomic E-state index is 14.5. The molecule has 60 heavy (non-hydrogen) atoms. The van der Waals surface area contributed by atoms with Crippen molar-refractivity contribution in [3.8, 4) is 16.8 Å². The van der Waals surface area contributed by atoms with Crippen molar-refractivity contribution in [2.45, 2.75) is 0 Å². The number of nitrogens with zero attached hydrogens (tertiary/aromatic N) is 2. The number of anilines is 3. The molecular formula is C56H39FN2Si. The van der Waals surface area contributed by atoms with E-state index in [9.17, 15) is 4.39 Å². The topological polar surface area (TPSA) is 8.17 Å². The molecule has 0 N–H and O–H groups in total. The smallest absolute Gasteiger partial charge is 0.179 e. The third-order valence-electron chi connectivity index (χ3n) is 12.1. The van der Waals surface area contributed by atoms with Crippen molar-refractivity contribution < 1.29 is 4.39 Å². The quantitative estimate of drug-likeness (QED) is 0.0804. The van der Waals surface area contributed by atoms with E-state index in [-0.39, 0.29) is 5.82 Å². The summed E-state index contributed by atoms with van der Waals surface area (Å²) in [4.78, 5) is 2.23. The van der Waals surface area contributed by atoms with E-state index in [1.807, 2.05) is 12.1 Å². The van der Waals surface area contributed by atoms with Crippen LogP contribution >= 0.6 is 0 Å². The summed E-state index contributed by atoms with van der Waals surface area (Å²) in [6.07, 6.45) is 0. The second kappa shape index (κ2) is 14.7. The van der Waals surface area contributed by atoms with Gasteiger partial charge in [-0.1, -0.05) is 170 Å². The van der Waals surface area contributed by atoms with E-state index in [0.717, 1.165) is 44.8 Å². The third kappa shape index (κ3) is 5.84. The number of aromatic nitrogens is 1. The van der Waals surface area contributed by atoms with Gasteiger partial charge in [-0.15, -0.1) is 0 Å². The fraction of sp³-hybridized carbons (Fsp3) is 0. The van der Waals surface area contributed by atoms with Gasteiger partial charge in [0.25, 0.3) is 0 Å². The highest BCUT2D eigenvalue weighted by molar-refractivity contribution is 7.19. The monoisotopic (exact) mass is 786 g/mol. The molecule has 1 aromatic heterocycles. The lowest BCUT2D eigenvalue weighted by atomic mass is 10.0. The van der Waals surface area contributed by atoms with Crippen LogP contribution < -0.4 is 25.6 Å². The number of hydrogen-bond donors (Lipinski definition) is 0. The fourth-order valence-corrected chi connectivity index (χ4v) is 14.2. The summed E-state index contributed by atoms with van der Waals surface area (Å²) in [5, 5.41) is 10.3. The Morgan fingerprint density at radius 2 is 0.817 bits per heavy atom. The summed E-state index contributed by atoms with van der Waals surface area (Å²) in [5.41, 5.74) is 8.56. The average molecular weight is 787 g/mol. The first-order valence-corrected chi connectivity index (χ1v) is 22.4. The number of para-hydroxylation sites is 1. The number of halogens is 1. The van der Waals surface area contributed by atoms with Crippen molar-refractivity contribution in [3.05, 3.63) is 242 Å².